The monoisotopic (exact) mass is 424 g/mol. The van der Waals surface area contributed by atoms with Crippen molar-refractivity contribution in [2.75, 3.05) is 0 Å². The minimum Gasteiger partial charge on any atom is -0.425 e. The van der Waals surface area contributed by atoms with E-state index in [0.29, 0.717) is 16.5 Å². The van der Waals surface area contributed by atoms with Crippen LogP contribution in [-0.2, 0) is 12.4 Å². The van der Waals surface area contributed by atoms with Crippen LogP contribution >= 0.6 is 0 Å². The van der Waals surface area contributed by atoms with Crippen LogP contribution in [0.5, 0.6) is 0 Å². The summed E-state index contributed by atoms with van der Waals surface area (Å²) in [5, 5.41) is 0.296. The van der Waals surface area contributed by atoms with Gasteiger partial charge in [-0.3, -0.25) is 0 Å². The van der Waals surface area contributed by atoms with Gasteiger partial charge in [0, 0.05) is 17.2 Å². The highest BCUT2D eigenvalue weighted by Crippen LogP contribution is 2.36. The molecule has 2 heterocycles. The summed E-state index contributed by atoms with van der Waals surface area (Å²) in [6, 6.07) is 10.9. The van der Waals surface area contributed by atoms with Gasteiger partial charge in [0.25, 0.3) is 0 Å². The lowest BCUT2D eigenvalue weighted by Crippen LogP contribution is -2.04. The summed E-state index contributed by atoms with van der Waals surface area (Å²) in [5.74, 6) is -0.0477. The molecule has 9 heteroatoms. The average molecular weight is 424 g/mol. The molecule has 0 atom stereocenters. The molecule has 0 fully saturated rings. The first kappa shape index (κ1) is 19.8. The Morgan fingerprint density at radius 2 is 1.13 bits per heavy atom. The molecule has 0 radical (unpaired) electrons. The van der Waals surface area contributed by atoms with Gasteiger partial charge in [0.05, 0.1) is 16.5 Å². The van der Waals surface area contributed by atoms with Gasteiger partial charge in [0.2, 0.25) is 0 Å². The Morgan fingerprint density at radius 3 is 1.63 bits per heavy atom. The number of furan rings is 1. The fraction of sp³-hybridized carbons (Fsp3) is 0.0952. The lowest BCUT2D eigenvalue weighted by Gasteiger charge is -2.07. The Kier molecular flexibility index (Phi) is 4.48. The second kappa shape index (κ2) is 6.79. The summed E-state index contributed by atoms with van der Waals surface area (Å²) in [6.45, 7) is 0. The van der Waals surface area contributed by atoms with Crippen molar-refractivity contribution in [3.8, 4) is 22.5 Å². The van der Waals surface area contributed by atoms with Gasteiger partial charge in [-0.2, -0.15) is 26.3 Å². The van der Waals surface area contributed by atoms with Crippen LogP contribution in [0.25, 0.3) is 33.6 Å². The quantitative estimate of drug-likeness (QED) is 0.334. The summed E-state index contributed by atoms with van der Waals surface area (Å²) < 4.78 is 87.0. The Balaban J connectivity index is 1.80. The maximum Gasteiger partial charge on any atom is 0.416 e. The minimum atomic E-state index is -4.51. The van der Waals surface area contributed by atoms with Gasteiger partial charge in [-0.25, -0.2) is 4.79 Å². The molecule has 0 aliphatic heterocycles. The molecule has 2 aromatic carbocycles. The molecule has 0 unspecified atom stereocenters. The lowest BCUT2D eigenvalue weighted by molar-refractivity contribution is -0.138. The molecule has 0 amide bonds. The zero-order valence-corrected chi connectivity index (χ0v) is 14.8. The first-order valence-corrected chi connectivity index (χ1v) is 8.45. The van der Waals surface area contributed by atoms with E-state index < -0.39 is 29.1 Å². The zero-order valence-electron chi connectivity index (χ0n) is 14.8. The Labute approximate surface area is 164 Å². The molecule has 2 aromatic heterocycles. The number of alkyl halides is 6. The van der Waals surface area contributed by atoms with Crippen LogP contribution in [0.15, 0.2) is 74.3 Å². The number of fused-ring (bicyclic) bond motifs is 1. The highest BCUT2D eigenvalue weighted by atomic mass is 19.4. The van der Waals surface area contributed by atoms with E-state index in [1.165, 1.54) is 30.3 Å². The fourth-order valence-corrected chi connectivity index (χ4v) is 3.00. The van der Waals surface area contributed by atoms with Crippen LogP contribution in [0.4, 0.5) is 26.3 Å². The second-order valence-electron chi connectivity index (χ2n) is 6.44. The van der Waals surface area contributed by atoms with Gasteiger partial charge in [-0.05, 0) is 35.9 Å². The molecular formula is C21H10F6O3. The van der Waals surface area contributed by atoms with E-state index >= 15 is 0 Å². The second-order valence-corrected chi connectivity index (χ2v) is 6.44. The van der Waals surface area contributed by atoms with Gasteiger partial charge in [0.1, 0.15) is 5.76 Å². The SMILES string of the molecule is O=c1cc(-c2ccc(C(F)(F)F)cc2)c2cc(-c3ccc(C(F)(F)F)cc3)oc2o1. The molecule has 0 aliphatic rings. The lowest BCUT2D eigenvalue weighted by atomic mass is 10.0. The standard InChI is InChI=1S/C21H10F6O3/c22-20(23,24)13-5-1-11(2-6-13)15-10-18(28)30-19-16(15)9-17(29-19)12-3-7-14(8-4-12)21(25,26)27/h1-10H. The van der Waals surface area contributed by atoms with E-state index in [-0.39, 0.29) is 17.1 Å². The maximum atomic E-state index is 12.8. The third-order valence-electron chi connectivity index (χ3n) is 4.46. The van der Waals surface area contributed by atoms with Gasteiger partial charge in [0.15, 0.2) is 0 Å². The number of hydrogen-bond donors (Lipinski definition) is 0. The molecule has 0 bridgehead atoms. The number of rotatable bonds is 2. The van der Waals surface area contributed by atoms with Crippen molar-refractivity contribution in [3.05, 3.63) is 82.2 Å². The minimum absolute atomic E-state index is 0.140. The Morgan fingerprint density at radius 1 is 0.633 bits per heavy atom. The molecule has 0 N–H and O–H groups in total. The van der Waals surface area contributed by atoms with E-state index in [1.807, 2.05) is 0 Å². The van der Waals surface area contributed by atoms with Crippen molar-refractivity contribution >= 4 is 11.2 Å². The average Bonchev–Trinajstić information content (AvgIpc) is 3.10. The molecule has 0 saturated carbocycles. The molecule has 4 rings (SSSR count). The van der Waals surface area contributed by atoms with Crippen LogP contribution in [0, 0.1) is 0 Å². The number of hydrogen-bond acceptors (Lipinski definition) is 3. The summed E-state index contributed by atoms with van der Waals surface area (Å²) in [7, 11) is 0. The Hall–Kier alpha value is -3.49. The molecular weight excluding hydrogens is 414 g/mol. The van der Waals surface area contributed by atoms with Gasteiger partial charge >= 0.3 is 23.8 Å². The van der Waals surface area contributed by atoms with Crippen molar-refractivity contribution in [2.24, 2.45) is 0 Å². The van der Waals surface area contributed by atoms with Crippen LogP contribution in [0.2, 0.25) is 0 Å². The number of halogens is 6. The van der Waals surface area contributed by atoms with Crippen molar-refractivity contribution in [1.29, 1.82) is 0 Å². The highest BCUT2D eigenvalue weighted by molar-refractivity contribution is 5.93. The number of benzene rings is 2. The molecule has 0 aliphatic carbocycles. The van der Waals surface area contributed by atoms with Crippen LogP contribution in [0.1, 0.15) is 11.1 Å². The third kappa shape index (κ3) is 3.70. The predicted molar refractivity (Wildman–Crippen MR) is 95.6 cm³/mol. The van der Waals surface area contributed by atoms with Crippen molar-refractivity contribution < 1.29 is 35.2 Å². The highest BCUT2D eigenvalue weighted by Gasteiger charge is 2.31. The fourth-order valence-electron chi connectivity index (χ4n) is 3.00. The van der Waals surface area contributed by atoms with E-state index in [4.69, 9.17) is 8.83 Å². The van der Waals surface area contributed by atoms with E-state index in [2.05, 4.69) is 0 Å². The molecule has 0 spiro atoms. The van der Waals surface area contributed by atoms with Crippen LogP contribution in [0.3, 0.4) is 0 Å². The van der Waals surface area contributed by atoms with Gasteiger partial charge in [-0.1, -0.05) is 24.3 Å². The first-order valence-electron chi connectivity index (χ1n) is 8.45. The Bertz CT molecular complexity index is 1260. The summed E-state index contributed by atoms with van der Waals surface area (Å²) >= 11 is 0. The molecule has 30 heavy (non-hydrogen) atoms. The van der Waals surface area contributed by atoms with Crippen molar-refractivity contribution in [1.82, 2.24) is 0 Å². The molecule has 0 saturated heterocycles. The normalized spacial score (nSPS) is 12.5. The zero-order chi connectivity index (χ0) is 21.7. The van der Waals surface area contributed by atoms with Crippen molar-refractivity contribution in [3.63, 3.8) is 0 Å². The van der Waals surface area contributed by atoms with E-state index in [0.717, 1.165) is 30.3 Å². The summed E-state index contributed by atoms with van der Waals surface area (Å²) in [6.07, 6.45) is -9.00. The molecule has 4 aromatic rings. The first-order chi connectivity index (χ1) is 14.0. The smallest absolute Gasteiger partial charge is 0.416 e. The largest absolute Gasteiger partial charge is 0.425 e. The third-order valence-corrected chi connectivity index (χ3v) is 4.46. The molecule has 3 nitrogen and oxygen atoms in total. The maximum absolute atomic E-state index is 12.8. The predicted octanol–water partition coefficient (Wildman–Crippen LogP) is 6.76. The summed E-state index contributed by atoms with van der Waals surface area (Å²) in [4.78, 5) is 11.9. The van der Waals surface area contributed by atoms with Crippen LogP contribution in [-0.4, -0.2) is 0 Å². The van der Waals surface area contributed by atoms with E-state index in [9.17, 15) is 31.1 Å². The molecule has 154 valence electrons. The topological polar surface area (TPSA) is 43.4 Å². The van der Waals surface area contributed by atoms with Crippen LogP contribution < -0.4 is 5.63 Å². The van der Waals surface area contributed by atoms with Gasteiger partial charge < -0.3 is 8.83 Å². The summed E-state index contributed by atoms with van der Waals surface area (Å²) in [5.41, 5.74) is -1.56. The van der Waals surface area contributed by atoms with Gasteiger partial charge in [-0.15, -0.1) is 0 Å². The van der Waals surface area contributed by atoms with Crippen molar-refractivity contribution in [2.45, 2.75) is 12.4 Å². The van der Waals surface area contributed by atoms with E-state index in [1.54, 1.807) is 0 Å².